The fourth-order valence-corrected chi connectivity index (χ4v) is 7.81. The van der Waals surface area contributed by atoms with E-state index in [1.54, 1.807) is 30.3 Å². The molecule has 8 rings (SSSR count). The first-order chi connectivity index (χ1) is 19.9. The summed E-state index contributed by atoms with van der Waals surface area (Å²) in [6, 6.07) is 19.8. The minimum atomic E-state index is -1.34. The van der Waals surface area contributed by atoms with Crippen LogP contribution in [0.2, 0.25) is 0 Å². The van der Waals surface area contributed by atoms with Crippen LogP contribution < -0.4 is 14.8 Å². The zero-order valence-corrected chi connectivity index (χ0v) is 22.5. The van der Waals surface area contributed by atoms with E-state index in [2.05, 4.69) is 10.2 Å². The molecule has 1 amide bonds. The van der Waals surface area contributed by atoms with Crippen molar-refractivity contribution < 1.29 is 29.6 Å². The molecule has 0 radical (unpaired) electrons. The highest BCUT2D eigenvalue weighted by Gasteiger charge is 2.73. The highest BCUT2D eigenvalue weighted by atomic mass is 16.5. The molecule has 1 saturated heterocycles. The molecule has 2 fully saturated rings. The fourth-order valence-electron chi connectivity index (χ4n) is 7.81. The van der Waals surface area contributed by atoms with E-state index in [0.717, 1.165) is 24.2 Å². The molecule has 210 valence electrons. The summed E-state index contributed by atoms with van der Waals surface area (Å²) in [4.78, 5) is 16.1. The van der Waals surface area contributed by atoms with Gasteiger partial charge in [0, 0.05) is 30.3 Å². The largest absolute Gasteiger partial charge is 0.508 e. The number of aliphatic hydroxyl groups is 2. The number of ether oxygens (including phenoxy) is 2. The summed E-state index contributed by atoms with van der Waals surface area (Å²) in [5.74, 6) is 1.64. The van der Waals surface area contributed by atoms with Gasteiger partial charge >= 0.3 is 0 Å². The molecule has 8 heteroatoms. The zero-order valence-electron chi connectivity index (χ0n) is 22.5. The molecule has 0 aromatic heterocycles. The number of carbonyl (C=O) groups is 1. The third-order valence-corrected chi connectivity index (χ3v) is 9.88. The first kappa shape index (κ1) is 24.8. The van der Waals surface area contributed by atoms with E-state index in [9.17, 15) is 20.1 Å². The predicted molar refractivity (Wildman–Crippen MR) is 151 cm³/mol. The van der Waals surface area contributed by atoms with E-state index >= 15 is 0 Å². The summed E-state index contributed by atoms with van der Waals surface area (Å²) in [6.45, 7) is 1.69. The first-order valence-electron chi connectivity index (χ1n) is 14.4. The van der Waals surface area contributed by atoms with Crippen molar-refractivity contribution in [3.8, 4) is 23.0 Å². The number of phenolic OH excluding ortho intramolecular Hbond substituents is 1. The molecule has 0 unspecified atom stereocenters. The van der Waals surface area contributed by atoms with Crippen LogP contribution in [0.1, 0.15) is 36.8 Å². The van der Waals surface area contributed by atoms with E-state index in [4.69, 9.17) is 9.47 Å². The van der Waals surface area contributed by atoms with Gasteiger partial charge in [0.15, 0.2) is 17.6 Å². The molecule has 41 heavy (non-hydrogen) atoms. The van der Waals surface area contributed by atoms with E-state index in [-0.39, 0.29) is 29.5 Å². The van der Waals surface area contributed by atoms with Crippen LogP contribution in [-0.4, -0.2) is 57.0 Å². The molecule has 5 aliphatic rings. The van der Waals surface area contributed by atoms with Gasteiger partial charge in [0.1, 0.15) is 17.3 Å². The lowest BCUT2D eigenvalue weighted by Crippen LogP contribution is -2.75. The second-order valence-electron chi connectivity index (χ2n) is 12.2. The number of phenols is 1. The number of rotatable bonds is 6. The van der Waals surface area contributed by atoms with Gasteiger partial charge in [-0.05, 0) is 86.2 Å². The molecule has 8 nitrogen and oxygen atoms in total. The zero-order chi connectivity index (χ0) is 27.9. The number of aromatic hydroxyl groups is 1. The number of benzene rings is 3. The summed E-state index contributed by atoms with van der Waals surface area (Å²) >= 11 is 0. The number of nitrogens with one attached hydrogen (secondary N) is 1. The Morgan fingerprint density at radius 3 is 2.54 bits per heavy atom. The Balaban J connectivity index is 1.13. The van der Waals surface area contributed by atoms with Crippen LogP contribution in [0, 0.1) is 5.92 Å². The third-order valence-electron chi connectivity index (χ3n) is 9.88. The van der Waals surface area contributed by atoms with Gasteiger partial charge in [-0.2, -0.15) is 0 Å². The lowest BCUT2D eigenvalue weighted by Gasteiger charge is -2.62. The molecule has 3 aromatic carbocycles. The monoisotopic (exact) mass is 552 g/mol. The quantitative estimate of drug-likeness (QED) is 0.347. The number of hydrogen-bond acceptors (Lipinski definition) is 7. The van der Waals surface area contributed by atoms with Gasteiger partial charge in [-0.3, -0.25) is 9.69 Å². The highest BCUT2D eigenvalue weighted by molar-refractivity contribution is 6.04. The number of amides is 1. The number of aliphatic hydroxyl groups excluding tert-OH is 1. The van der Waals surface area contributed by atoms with Crippen LogP contribution >= 0.6 is 0 Å². The Kier molecular flexibility index (Phi) is 5.28. The van der Waals surface area contributed by atoms with Crippen LogP contribution in [0.15, 0.2) is 78.1 Å². The lowest BCUT2D eigenvalue weighted by molar-refractivity contribution is -0.172. The van der Waals surface area contributed by atoms with Crippen LogP contribution in [-0.2, 0) is 16.6 Å². The maximum Gasteiger partial charge on any atom is 0.255 e. The van der Waals surface area contributed by atoms with Gasteiger partial charge in [0.25, 0.3) is 5.91 Å². The Hall–Kier alpha value is -4.01. The number of piperidine rings is 1. The Labute approximate surface area is 237 Å². The van der Waals surface area contributed by atoms with Crippen molar-refractivity contribution in [1.82, 2.24) is 4.90 Å². The molecule has 1 saturated carbocycles. The summed E-state index contributed by atoms with van der Waals surface area (Å²) in [5.41, 5.74) is 0.220. The van der Waals surface area contributed by atoms with Crippen LogP contribution in [0.25, 0.3) is 0 Å². The van der Waals surface area contributed by atoms with E-state index in [1.807, 2.05) is 36.4 Å². The minimum absolute atomic E-state index is 0.0000973. The van der Waals surface area contributed by atoms with E-state index in [1.165, 1.54) is 12.8 Å². The molecule has 1 spiro atoms. The fraction of sp³-hybridized carbons (Fsp3) is 0.364. The molecule has 2 heterocycles. The molecule has 3 aromatic rings. The standard InChI is InChI=1S/C33H32N2O6/c36-25-13-8-20-16-26-33(39)17-24(31(38)34-21-9-11-23(12-10-21)40-22-4-2-1-3-5-22)28(37)30-32(33,27(20)29(25)41-30)14-15-35(26)18-19-6-7-19/h1-5,8-13,19,26,30,36-37,39H,6-7,14-18H2,(H,34,38)/t26-,30+,32+,33-/m1/s1. The molecule has 4 atom stereocenters. The number of carbonyl (C=O) groups excluding carboxylic acids is 1. The lowest BCUT2D eigenvalue weighted by atomic mass is 9.49. The number of para-hydroxylation sites is 1. The molecule has 3 aliphatic carbocycles. The maximum atomic E-state index is 13.7. The highest BCUT2D eigenvalue weighted by Crippen LogP contribution is 2.66. The van der Waals surface area contributed by atoms with E-state index < -0.39 is 23.0 Å². The Bertz CT molecular complexity index is 1580. The molecule has 2 aliphatic heterocycles. The van der Waals surface area contributed by atoms with Gasteiger partial charge in [0.05, 0.1) is 16.6 Å². The topological polar surface area (TPSA) is 111 Å². The SMILES string of the molecule is O=C(Nc1ccc(Oc2ccccc2)cc1)C1=C(O)[C@@H]2Oc3c(O)ccc4c3[C@@]23CCN(CC2CC2)[C@H](C4)[C@]3(O)C1. The van der Waals surface area contributed by atoms with Crippen molar-refractivity contribution in [3.63, 3.8) is 0 Å². The van der Waals surface area contributed by atoms with Crippen molar-refractivity contribution in [3.05, 3.63) is 89.2 Å². The van der Waals surface area contributed by atoms with Crippen molar-refractivity contribution in [2.75, 3.05) is 18.4 Å². The van der Waals surface area contributed by atoms with Gasteiger partial charge in [-0.25, -0.2) is 0 Å². The number of anilines is 1. The predicted octanol–water partition coefficient (Wildman–Crippen LogP) is 4.81. The molecular formula is C33H32N2O6. The van der Waals surface area contributed by atoms with Crippen molar-refractivity contribution in [1.29, 1.82) is 0 Å². The van der Waals surface area contributed by atoms with Crippen molar-refractivity contribution >= 4 is 11.6 Å². The number of nitrogens with zero attached hydrogens (tertiary/aromatic N) is 1. The van der Waals surface area contributed by atoms with Crippen LogP contribution in [0.3, 0.4) is 0 Å². The molecule has 4 N–H and O–H groups in total. The summed E-state index contributed by atoms with van der Waals surface area (Å²) < 4.78 is 12.1. The molecule has 2 bridgehead atoms. The van der Waals surface area contributed by atoms with Crippen LogP contribution in [0.5, 0.6) is 23.0 Å². The summed E-state index contributed by atoms with van der Waals surface area (Å²) in [7, 11) is 0. The van der Waals surface area contributed by atoms with Crippen molar-refractivity contribution in [2.24, 2.45) is 5.92 Å². The Morgan fingerprint density at radius 2 is 1.78 bits per heavy atom. The minimum Gasteiger partial charge on any atom is -0.508 e. The maximum absolute atomic E-state index is 13.7. The summed E-state index contributed by atoms with van der Waals surface area (Å²) in [5, 5.41) is 38.0. The van der Waals surface area contributed by atoms with Crippen molar-refractivity contribution in [2.45, 2.75) is 55.3 Å². The van der Waals surface area contributed by atoms with Gasteiger partial charge in [-0.15, -0.1) is 0 Å². The molecular weight excluding hydrogens is 520 g/mol. The smallest absolute Gasteiger partial charge is 0.255 e. The number of likely N-dealkylation sites (tertiary alicyclic amines) is 1. The second kappa shape index (κ2) is 8.74. The van der Waals surface area contributed by atoms with Crippen LogP contribution in [0.4, 0.5) is 5.69 Å². The Morgan fingerprint density at radius 1 is 1.02 bits per heavy atom. The van der Waals surface area contributed by atoms with Gasteiger partial charge < -0.3 is 30.1 Å². The average Bonchev–Trinajstić information content (AvgIpc) is 3.71. The van der Waals surface area contributed by atoms with Gasteiger partial charge in [0.2, 0.25) is 0 Å². The third kappa shape index (κ3) is 3.57. The van der Waals surface area contributed by atoms with Gasteiger partial charge in [-0.1, -0.05) is 24.3 Å². The average molecular weight is 553 g/mol. The second-order valence-corrected chi connectivity index (χ2v) is 12.2. The summed E-state index contributed by atoms with van der Waals surface area (Å²) in [6.07, 6.45) is 2.63. The number of hydrogen-bond donors (Lipinski definition) is 4. The normalized spacial score (nSPS) is 29.5. The first-order valence-corrected chi connectivity index (χ1v) is 14.4. The van der Waals surface area contributed by atoms with E-state index in [0.29, 0.717) is 41.7 Å².